The second-order valence-corrected chi connectivity index (χ2v) is 38.6. The van der Waals surface area contributed by atoms with E-state index in [9.17, 15) is 19.2 Å². The molecule has 21 rings (SSSR count). The third kappa shape index (κ3) is 23.3. The van der Waals surface area contributed by atoms with Crippen molar-refractivity contribution in [3.8, 4) is 62.0 Å². The first-order valence-electron chi connectivity index (χ1n) is 50.7. The molecule has 15 heteroatoms. The molecule has 0 bridgehead atoms. The number of para-hydroxylation sites is 6. The Morgan fingerprint density at radius 3 is 1.46 bits per heavy atom. The van der Waals surface area contributed by atoms with Gasteiger partial charge in [-0.1, -0.05) is 251 Å². The molecule has 3 fully saturated rings. The van der Waals surface area contributed by atoms with Crippen molar-refractivity contribution in [2.75, 3.05) is 26.9 Å². The second kappa shape index (κ2) is 47.4. The number of nitrogens with zero attached hydrogens (tertiary/aromatic N) is 5. The summed E-state index contributed by atoms with van der Waals surface area (Å²) in [4.78, 5) is 66.7. The summed E-state index contributed by atoms with van der Waals surface area (Å²) in [5, 5.41) is 7.24. The Balaban J connectivity index is 0.000000345. The summed E-state index contributed by atoms with van der Waals surface area (Å²) in [6, 6.07) is 118. The predicted octanol–water partition coefficient (Wildman–Crippen LogP) is 29.8. The van der Waals surface area contributed by atoms with Gasteiger partial charge in [-0.15, -0.1) is 115 Å². The van der Waals surface area contributed by atoms with Crippen LogP contribution in [0.3, 0.4) is 0 Å². The quantitative estimate of drug-likeness (QED) is 0.00938. The summed E-state index contributed by atoms with van der Waals surface area (Å²) in [5.74, 6) is 0.514. The van der Waals surface area contributed by atoms with Crippen LogP contribution in [-0.2, 0) is 70.3 Å². The van der Waals surface area contributed by atoms with Crippen molar-refractivity contribution in [2.45, 2.75) is 122 Å². The summed E-state index contributed by atoms with van der Waals surface area (Å²) in [5.41, 5.74) is 21.1. The van der Waals surface area contributed by atoms with Crippen molar-refractivity contribution in [3.63, 3.8) is 0 Å². The van der Waals surface area contributed by atoms with Crippen LogP contribution in [0.2, 0.25) is 0 Å². The van der Waals surface area contributed by atoms with E-state index >= 15 is 0 Å². The minimum atomic E-state index is -0.423. The summed E-state index contributed by atoms with van der Waals surface area (Å²) in [7, 11) is 1.36. The van der Waals surface area contributed by atoms with Crippen molar-refractivity contribution < 1.29 is 63.0 Å². The van der Waals surface area contributed by atoms with Gasteiger partial charge in [0, 0.05) is 57.0 Å². The van der Waals surface area contributed by atoms with Crippen LogP contribution in [0.4, 0.5) is 0 Å². The largest absolute Gasteiger partial charge is 3.00 e. The molecule has 12 aromatic carbocycles. The van der Waals surface area contributed by atoms with Gasteiger partial charge in [0.25, 0.3) is 0 Å². The fourth-order valence-corrected chi connectivity index (χ4v) is 21.9. The van der Waals surface area contributed by atoms with Crippen LogP contribution < -0.4 is 4.74 Å². The van der Waals surface area contributed by atoms with Gasteiger partial charge < -0.3 is 37.8 Å². The fourth-order valence-electron chi connectivity index (χ4n) is 21.9. The van der Waals surface area contributed by atoms with Crippen LogP contribution in [0.5, 0.6) is 5.75 Å². The number of hydrogen-bond acceptors (Lipinski definition) is 12. The fraction of sp³-hybridized carbons (Fsp3) is 0.248. The van der Waals surface area contributed by atoms with Gasteiger partial charge in [0.1, 0.15) is 5.75 Å². The number of fused-ring (bicyclic) bond motifs is 11. The number of carbonyl (C=O) groups is 4. The van der Waals surface area contributed by atoms with E-state index in [1.807, 2.05) is 164 Å². The molecule has 3 saturated carbocycles. The third-order valence-electron chi connectivity index (χ3n) is 29.4. The van der Waals surface area contributed by atoms with Gasteiger partial charge in [0.05, 0.1) is 78.5 Å². The maximum absolute atomic E-state index is 14.5. The van der Waals surface area contributed by atoms with E-state index in [2.05, 4.69) is 250 Å². The molecule has 0 N–H and O–H groups in total. The number of aromatic nitrogens is 5. The monoisotopic (exact) mass is 2080 g/mol. The van der Waals surface area contributed by atoms with Gasteiger partial charge in [-0.3, -0.25) is 24.4 Å². The molecular weight excluding hydrogens is 1960 g/mol. The third-order valence-corrected chi connectivity index (χ3v) is 29.4. The molecule has 4 aliphatic rings. The van der Waals surface area contributed by atoms with E-state index in [4.69, 9.17) is 23.7 Å². The zero-order chi connectivity index (χ0) is 97.8. The predicted molar refractivity (Wildman–Crippen MR) is 576 cm³/mol. The van der Waals surface area contributed by atoms with Gasteiger partial charge in [-0.05, 0) is 246 Å². The Hall–Kier alpha value is -14.8. The molecule has 9 unspecified atom stereocenters. The number of methoxy groups -OCH3 is 1. The number of pyridine rings is 3. The van der Waals surface area contributed by atoms with Gasteiger partial charge in [-0.25, -0.2) is 4.79 Å². The Labute approximate surface area is 858 Å². The zero-order valence-corrected chi connectivity index (χ0v) is 84.1. The Morgan fingerprint density at radius 1 is 0.444 bits per heavy atom. The van der Waals surface area contributed by atoms with Gasteiger partial charge in [-0.2, -0.15) is 0 Å². The standard InChI is InChI=1S/C99H100N3O9.2C15H10N.Ir/c1-5-72-57-69(60-76(72)66-110-79-48-40-67(41-49-79)42-52-95(103)107-4)39-45-75-59-71(62-87(75)98(106)108-55-23-11-9-7-8-10-12-34-96(104)111-65-68-37-43-74(44-38-68)90-29-21-22-54-100-90)36-35-70-58-73(6-2)86(61-70)97(105)109-56-24-53-99(3)88-63-77(101-91-30-17-13-25-82(91)83-26-14-18-31-92(83)101)46-50-80(88)81-51-47-78(64-89(81)99)102-93-32-19-15-27-84(93)85-28-16-20-33-94(85)102;2*1-2-6-12(7-3-1)15-11-10-13-8-4-5-9-14(13)16-15;/h5-6,13-22,25-33,35-43,45-52,54,63-64,69-73,75-76,86-87H,1-2,7-12,23-24,34,53,55-62,65-66H2,3-4H3;2*1-6,8-11H;/q3*-1;+3/b36-35-,45-39-,52-42+;;;. The molecule has 17 aromatic rings. The first-order chi connectivity index (χ1) is 70.3. The van der Waals surface area contributed by atoms with E-state index in [1.54, 1.807) is 12.3 Å². The molecule has 5 aromatic heterocycles. The van der Waals surface area contributed by atoms with Crippen LogP contribution in [0.15, 0.2) is 377 Å². The Kier molecular flexibility index (Phi) is 32.7. The summed E-state index contributed by atoms with van der Waals surface area (Å²) >= 11 is 0. The number of rotatable bonds is 34. The topological polar surface area (TPSA) is 163 Å². The molecule has 4 aliphatic carbocycles. The first kappa shape index (κ1) is 99.4. The number of carbonyl (C=O) groups excluding carboxylic acids is 4. The zero-order valence-electron chi connectivity index (χ0n) is 81.7. The van der Waals surface area contributed by atoms with Crippen molar-refractivity contribution in [1.82, 2.24) is 24.1 Å². The normalized spacial score (nSPS) is 18.2. The summed E-state index contributed by atoms with van der Waals surface area (Å²) in [6.45, 7) is 12.4. The molecule has 0 spiro atoms. The molecule has 14 nitrogen and oxygen atoms in total. The van der Waals surface area contributed by atoms with Gasteiger partial charge in [0.15, 0.2) is 0 Å². The maximum Gasteiger partial charge on any atom is 3.00 e. The number of benzene rings is 12. The Bertz CT molecular complexity index is 7070. The van der Waals surface area contributed by atoms with Crippen LogP contribution >= 0.6 is 0 Å². The number of esters is 4. The summed E-state index contributed by atoms with van der Waals surface area (Å²) in [6.07, 6.45) is 31.6. The molecule has 0 amide bonds. The maximum atomic E-state index is 14.5. The number of ether oxygens (including phenoxy) is 5. The molecule has 0 saturated heterocycles. The molecule has 5 heterocycles. The van der Waals surface area contributed by atoms with Crippen molar-refractivity contribution in [3.05, 3.63) is 418 Å². The van der Waals surface area contributed by atoms with Crippen LogP contribution in [0, 0.1) is 71.5 Å². The average molecular weight is 2080 g/mol. The molecular formula is C129H120IrN5O9. The van der Waals surface area contributed by atoms with E-state index in [0.29, 0.717) is 51.4 Å². The smallest absolute Gasteiger partial charge is 0.493 e. The SMILES string of the molecule is C=CC1CC(/C=C\C2CC(/C=C\C3CC(C=C)C(C(=O)OCCCC4(C)c5cc(-n6c7ccccc7c7ccccc76)ccc5-c5ccc(-n6c7ccccc7c7ccccc76)cc54)C3)CC2C(=O)OCCCCCCCCCC(=O)OCc2c[c-]c(-c3ccccn3)cc2)CC1COc1ccc(/C=C/C(=O)OC)cc1.[Ir+3].[c-]1ccccc1-c1ccc2ccccc2n1.[c-]1ccccc1-c1ccc2ccccc2n1. The van der Waals surface area contributed by atoms with Gasteiger partial charge in [0.2, 0.25) is 0 Å². The minimum absolute atomic E-state index is 0. The second-order valence-electron chi connectivity index (χ2n) is 38.6. The molecule has 0 radical (unpaired) electrons. The molecule has 0 aliphatic heterocycles. The number of unbranched alkanes of at least 4 members (excludes halogenated alkanes) is 6. The van der Waals surface area contributed by atoms with E-state index in [-0.39, 0.29) is 92.0 Å². The van der Waals surface area contributed by atoms with Crippen molar-refractivity contribution in [1.29, 1.82) is 0 Å². The van der Waals surface area contributed by atoms with Crippen LogP contribution in [0.1, 0.15) is 132 Å². The average Bonchev–Trinajstić information content (AvgIpc) is 1.55. The molecule has 724 valence electrons. The molecule has 144 heavy (non-hydrogen) atoms. The van der Waals surface area contributed by atoms with Crippen LogP contribution in [-0.4, -0.2) is 74.9 Å². The van der Waals surface area contributed by atoms with Crippen molar-refractivity contribution >= 4 is 95.4 Å². The van der Waals surface area contributed by atoms with E-state index in [0.717, 1.165) is 150 Å². The van der Waals surface area contributed by atoms with E-state index < -0.39 is 11.4 Å². The van der Waals surface area contributed by atoms with E-state index in [1.165, 1.54) is 89.8 Å². The van der Waals surface area contributed by atoms with Crippen LogP contribution in [0.25, 0.3) is 128 Å². The number of allylic oxidation sites excluding steroid dienone is 6. The van der Waals surface area contributed by atoms with Crippen molar-refractivity contribution in [2.24, 2.45) is 53.3 Å². The minimum Gasteiger partial charge on any atom is -0.493 e. The number of hydrogen-bond donors (Lipinski definition) is 0. The first-order valence-corrected chi connectivity index (χ1v) is 50.7. The van der Waals surface area contributed by atoms with Gasteiger partial charge >= 0.3 is 44.0 Å². The Morgan fingerprint density at radius 2 is 0.931 bits per heavy atom. The molecule has 9 atom stereocenters. The summed E-state index contributed by atoms with van der Waals surface area (Å²) < 4.78 is 34.1.